The Bertz CT molecular complexity index is 1220. The Balaban J connectivity index is 1.30. The third-order valence-corrected chi connectivity index (χ3v) is 7.23. The average molecular weight is 533 g/mol. The summed E-state index contributed by atoms with van der Waals surface area (Å²) in [5, 5.41) is 4.79. The minimum Gasteiger partial charge on any atom is -0.497 e. The summed E-state index contributed by atoms with van der Waals surface area (Å²) >= 11 is 0. The molecule has 0 saturated carbocycles. The highest BCUT2D eigenvalue weighted by Crippen LogP contribution is 2.29. The molecular formula is C32H44N4O3. The standard InChI is InChI=1S/C32H44N4O3/c1-32(2,3)39-31(37)36-21-9-8-11-25(36)18-22-35(4)20-10-19-33-30-23-29(24-14-16-26(38-5)17-15-24)34-28-13-7-6-12-27(28)30/h6-7,12-17,23,25H,8-11,18-22H2,1-5H3,(H,33,34). The van der Waals surface area contributed by atoms with Crippen LogP contribution in [0.1, 0.15) is 52.9 Å². The molecule has 0 radical (unpaired) electrons. The smallest absolute Gasteiger partial charge is 0.410 e. The van der Waals surface area contributed by atoms with Crippen molar-refractivity contribution in [2.24, 2.45) is 0 Å². The number of pyridine rings is 1. The molecule has 1 N–H and O–H groups in total. The van der Waals surface area contributed by atoms with Gasteiger partial charge in [0.1, 0.15) is 11.4 Å². The van der Waals surface area contributed by atoms with Crippen LogP contribution in [-0.4, -0.2) is 72.9 Å². The predicted molar refractivity (Wildman–Crippen MR) is 160 cm³/mol. The fourth-order valence-electron chi connectivity index (χ4n) is 5.15. The number of fused-ring (bicyclic) bond motifs is 1. The van der Waals surface area contributed by atoms with E-state index in [9.17, 15) is 4.79 Å². The van der Waals surface area contributed by atoms with Crippen molar-refractivity contribution < 1.29 is 14.3 Å². The number of carbonyl (C=O) groups is 1. The van der Waals surface area contributed by atoms with Crippen molar-refractivity contribution in [2.45, 2.75) is 64.5 Å². The first-order valence-corrected chi connectivity index (χ1v) is 14.2. The number of aromatic nitrogens is 1. The van der Waals surface area contributed by atoms with Crippen molar-refractivity contribution in [3.8, 4) is 17.0 Å². The molecular weight excluding hydrogens is 488 g/mol. The molecule has 3 aromatic rings. The van der Waals surface area contributed by atoms with Crippen molar-refractivity contribution >= 4 is 22.7 Å². The Morgan fingerprint density at radius 3 is 2.62 bits per heavy atom. The molecule has 0 spiro atoms. The van der Waals surface area contributed by atoms with Crippen LogP contribution in [0.3, 0.4) is 0 Å². The zero-order chi connectivity index (χ0) is 27.8. The summed E-state index contributed by atoms with van der Waals surface area (Å²) in [7, 11) is 3.85. The van der Waals surface area contributed by atoms with E-state index in [0.29, 0.717) is 0 Å². The van der Waals surface area contributed by atoms with Gasteiger partial charge in [-0.25, -0.2) is 9.78 Å². The maximum absolute atomic E-state index is 12.7. The normalized spacial score (nSPS) is 15.9. The highest BCUT2D eigenvalue weighted by atomic mass is 16.6. The molecule has 2 aromatic carbocycles. The number of ether oxygens (including phenoxy) is 2. The van der Waals surface area contributed by atoms with Gasteiger partial charge in [-0.3, -0.25) is 0 Å². The molecule has 210 valence electrons. The summed E-state index contributed by atoms with van der Waals surface area (Å²) in [5.41, 5.74) is 3.63. The molecule has 39 heavy (non-hydrogen) atoms. The number of nitrogens with one attached hydrogen (secondary N) is 1. The van der Waals surface area contributed by atoms with Gasteiger partial charge in [0, 0.05) is 35.8 Å². The summed E-state index contributed by atoms with van der Waals surface area (Å²) in [5.74, 6) is 0.836. The van der Waals surface area contributed by atoms with Crippen LogP contribution in [0, 0.1) is 0 Å². The maximum Gasteiger partial charge on any atom is 0.410 e. The van der Waals surface area contributed by atoms with Gasteiger partial charge < -0.3 is 24.6 Å². The molecule has 4 rings (SSSR count). The molecule has 0 bridgehead atoms. The van der Waals surface area contributed by atoms with Crippen LogP contribution in [0.4, 0.5) is 10.5 Å². The predicted octanol–water partition coefficient (Wildman–Crippen LogP) is 6.82. The number of amides is 1. The Morgan fingerprint density at radius 2 is 1.87 bits per heavy atom. The molecule has 7 heteroatoms. The summed E-state index contributed by atoms with van der Waals surface area (Å²) in [6, 6.07) is 18.7. The third kappa shape index (κ3) is 8.09. The van der Waals surface area contributed by atoms with Crippen LogP contribution in [0.2, 0.25) is 0 Å². The SMILES string of the molecule is COc1ccc(-c2cc(NCCCN(C)CCC3CCCCN3C(=O)OC(C)(C)C)c3ccccc3n2)cc1. The van der Waals surface area contributed by atoms with Gasteiger partial charge in [-0.2, -0.15) is 0 Å². The molecule has 7 nitrogen and oxygen atoms in total. The van der Waals surface area contributed by atoms with Gasteiger partial charge in [-0.05, 0) is 109 Å². The van der Waals surface area contributed by atoms with Gasteiger partial charge in [0.2, 0.25) is 0 Å². The lowest BCUT2D eigenvalue weighted by atomic mass is 9.99. The number of piperidine rings is 1. The number of carbonyl (C=O) groups excluding carboxylic acids is 1. The summed E-state index contributed by atoms with van der Waals surface area (Å²) in [6.07, 6.45) is 5.12. The topological polar surface area (TPSA) is 66.9 Å². The maximum atomic E-state index is 12.7. The Kier molecular flexibility index (Phi) is 9.68. The van der Waals surface area contributed by atoms with Crippen molar-refractivity contribution in [2.75, 3.05) is 45.7 Å². The van der Waals surface area contributed by atoms with Crippen LogP contribution >= 0.6 is 0 Å². The van der Waals surface area contributed by atoms with E-state index in [0.717, 1.165) is 85.5 Å². The van der Waals surface area contributed by atoms with Crippen molar-refractivity contribution in [3.05, 3.63) is 54.6 Å². The lowest BCUT2D eigenvalue weighted by Gasteiger charge is -2.37. The second-order valence-electron chi connectivity index (χ2n) is 11.5. The number of rotatable bonds is 10. The summed E-state index contributed by atoms with van der Waals surface area (Å²) in [6.45, 7) is 9.41. The first-order chi connectivity index (χ1) is 18.7. The van der Waals surface area contributed by atoms with Gasteiger partial charge >= 0.3 is 6.09 Å². The van der Waals surface area contributed by atoms with Crippen LogP contribution in [0.15, 0.2) is 54.6 Å². The van der Waals surface area contributed by atoms with E-state index in [1.165, 1.54) is 6.42 Å². The molecule has 1 aromatic heterocycles. The van der Waals surface area contributed by atoms with E-state index in [1.807, 2.05) is 56.0 Å². The minimum atomic E-state index is -0.460. The second-order valence-corrected chi connectivity index (χ2v) is 11.5. The quantitative estimate of drug-likeness (QED) is 0.289. The van der Waals surface area contributed by atoms with Crippen molar-refractivity contribution in [3.63, 3.8) is 0 Å². The highest BCUT2D eigenvalue weighted by Gasteiger charge is 2.30. The van der Waals surface area contributed by atoms with E-state index in [-0.39, 0.29) is 12.1 Å². The molecule has 0 aliphatic carbocycles. The Morgan fingerprint density at radius 1 is 1.10 bits per heavy atom. The lowest BCUT2D eigenvalue weighted by molar-refractivity contribution is 0.00795. The molecule has 1 aliphatic heterocycles. The number of hydrogen-bond acceptors (Lipinski definition) is 6. The first-order valence-electron chi connectivity index (χ1n) is 14.2. The number of para-hydroxylation sites is 1. The van der Waals surface area contributed by atoms with Crippen molar-refractivity contribution in [1.82, 2.24) is 14.8 Å². The van der Waals surface area contributed by atoms with Crippen LogP contribution < -0.4 is 10.1 Å². The van der Waals surface area contributed by atoms with Crippen LogP contribution in [0.5, 0.6) is 5.75 Å². The molecule has 1 atom stereocenters. The molecule has 1 saturated heterocycles. The summed E-state index contributed by atoms with van der Waals surface area (Å²) in [4.78, 5) is 22.0. The largest absolute Gasteiger partial charge is 0.497 e. The minimum absolute atomic E-state index is 0.169. The molecule has 1 amide bonds. The van der Waals surface area contributed by atoms with Gasteiger partial charge in [0.25, 0.3) is 0 Å². The van der Waals surface area contributed by atoms with E-state index in [1.54, 1.807) is 7.11 Å². The number of hydrogen-bond donors (Lipinski definition) is 1. The Labute approximate surface area is 233 Å². The average Bonchev–Trinajstić information content (AvgIpc) is 2.93. The van der Waals surface area contributed by atoms with Crippen molar-refractivity contribution in [1.29, 1.82) is 0 Å². The fraction of sp³-hybridized carbons (Fsp3) is 0.500. The first kappa shape index (κ1) is 28.7. The van der Waals surface area contributed by atoms with Gasteiger partial charge in [-0.1, -0.05) is 18.2 Å². The van der Waals surface area contributed by atoms with Gasteiger partial charge in [-0.15, -0.1) is 0 Å². The van der Waals surface area contributed by atoms with E-state index < -0.39 is 5.60 Å². The number of nitrogens with zero attached hydrogens (tertiary/aromatic N) is 3. The molecule has 1 aliphatic rings. The zero-order valence-corrected chi connectivity index (χ0v) is 24.2. The number of likely N-dealkylation sites (tertiary alicyclic amines) is 1. The number of methoxy groups -OCH3 is 1. The third-order valence-electron chi connectivity index (χ3n) is 7.23. The lowest BCUT2D eigenvalue weighted by Crippen LogP contribution is -2.47. The number of anilines is 1. The summed E-state index contributed by atoms with van der Waals surface area (Å²) < 4.78 is 11.0. The zero-order valence-electron chi connectivity index (χ0n) is 24.2. The highest BCUT2D eigenvalue weighted by molar-refractivity contribution is 5.93. The molecule has 1 unspecified atom stereocenters. The molecule has 1 fully saturated rings. The van der Waals surface area contributed by atoms with Crippen LogP contribution in [-0.2, 0) is 4.74 Å². The number of benzene rings is 2. The van der Waals surface area contributed by atoms with E-state index in [2.05, 4.69) is 41.5 Å². The van der Waals surface area contributed by atoms with E-state index in [4.69, 9.17) is 14.5 Å². The molecule has 2 heterocycles. The Hall–Kier alpha value is -3.32. The van der Waals surface area contributed by atoms with Gasteiger partial charge in [0.15, 0.2) is 0 Å². The van der Waals surface area contributed by atoms with E-state index >= 15 is 0 Å². The van der Waals surface area contributed by atoms with Gasteiger partial charge in [0.05, 0.1) is 18.3 Å². The fourth-order valence-corrected chi connectivity index (χ4v) is 5.15. The monoisotopic (exact) mass is 532 g/mol. The second kappa shape index (κ2) is 13.2. The van der Waals surface area contributed by atoms with Crippen LogP contribution in [0.25, 0.3) is 22.2 Å².